The first-order valence-electron chi connectivity index (χ1n) is 12.9. The number of hydrogen-bond donors (Lipinski definition) is 3. The molecule has 3 aliphatic rings. The molecule has 6 atom stereocenters. The van der Waals surface area contributed by atoms with E-state index in [1.165, 1.54) is 44.9 Å². The molecular formula is C29H46O3. The summed E-state index contributed by atoms with van der Waals surface area (Å²) >= 11 is 0. The van der Waals surface area contributed by atoms with Gasteiger partial charge in [-0.3, -0.25) is 0 Å². The molecule has 3 N–H and O–H groups in total. The summed E-state index contributed by atoms with van der Waals surface area (Å²) in [4.78, 5) is 0. The number of allylic oxidation sites excluding steroid dienone is 4. The van der Waals surface area contributed by atoms with Gasteiger partial charge in [0.05, 0.1) is 17.8 Å². The SMILES string of the molecule is C=C1/C(=C\C=C2/CCC[C@]3(C)[C@@H]([C@H](C)CCC/C=C/C(C)(C)O)CC[C@@H]23)C[C@@H](O)C[C@@H]1O. The van der Waals surface area contributed by atoms with E-state index in [9.17, 15) is 15.3 Å². The maximum atomic E-state index is 10.1. The van der Waals surface area contributed by atoms with Crippen molar-refractivity contribution >= 4 is 0 Å². The van der Waals surface area contributed by atoms with Gasteiger partial charge >= 0.3 is 0 Å². The van der Waals surface area contributed by atoms with Crippen molar-refractivity contribution in [2.75, 3.05) is 0 Å². The number of unbranched alkanes of at least 4 members (excludes halogenated alkanes) is 1. The second kappa shape index (κ2) is 10.4. The lowest BCUT2D eigenvalue weighted by molar-refractivity contribution is 0.0861. The molecule has 180 valence electrons. The molecule has 3 fully saturated rings. The van der Waals surface area contributed by atoms with Crippen LogP contribution in [0.4, 0.5) is 0 Å². The third kappa shape index (κ3) is 6.04. The molecule has 0 saturated heterocycles. The number of hydrogen-bond acceptors (Lipinski definition) is 3. The van der Waals surface area contributed by atoms with E-state index in [-0.39, 0.29) is 0 Å². The minimum absolute atomic E-state index is 0.382. The standard InChI is InChI=1S/C29H46O3/c1-20(10-7-6-8-16-28(3,4)32)25-14-15-26-22(11-9-17-29(25,26)5)12-13-23-18-24(30)19-27(31)21(23)2/h8,12-13,16,20,24-27,30-32H,2,6-7,9-11,14-15,17-19H2,1,3-5H3/b16-8+,22-12+,23-13-/t20-,24-,25-,26+,27+,29-/m1/s1. The molecule has 3 heteroatoms. The summed E-state index contributed by atoms with van der Waals surface area (Å²) in [6.45, 7) is 12.7. The van der Waals surface area contributed by atoms with Gasteiger partial charge in [0.25, 0.3) is 0 Å². The van der Waals surface area contributed by atoms with Gasteiger partial charge in [-0.15, -0.1) is 0 Å². The van der Waals surface area contributed by atoms with E-state index in [2.05, 4.69) is 38.7 Å². The maximum absolute atomic E-state index is 10.1. The van der Waals surface area contributed by atoms with Crippen LogP contribution in [0.5, 0.6) is 0 Å². The lowest BCUT2D eigenvalue weighted by Gasteiger charge is -2.44. The van der Waals surface area contributed by atoms with Crippen LogP contribution in [0.1, 0.15) is 91.9 Å². The van der Waals surface area contributed by atoms with Crippen LogP contribution in [0.3, 0.4) is 0 Å². The fraction of sp³-hybridized carbons (Fsp3) is 0.724. The summed E-state index contributed by atoms with van der Waals surface area (Å²) in [6, 6.07) is 0. The lowest BCUT2D eigenvalue weighted by Crippen LogP contribution is -2.36. The van der Waals surface area contributed by atoms with Gasteiger partial charge < -0.3 is 15.3 Å². The van der Waals surface area contributed by atoms with Crippen molar-refractivity contribution in [1.82, 2.24) is 0 Å². The van der Waals surface area contributed by atoms with E-state index in [4.69, 9.17) is 0 Å². The fourth-order valence-electron chi connectivity index (χ4n) is 6.81. The van der Waals surface area contributed by atoms with Gasteiger partial charge in [-0.2, -0.15) is 0 Å². The fourth-order valence-corrected chi connectivity index (χ4v) is 6.81. The van der Waals surface area contributed by atoms with Crippen LogP contribution in [0.2, 0.25) is 0 Å². The zero-order chi connectivity index (χ0) is 23.5. The molecule has 3 nitrogen and oxygen atoms in total. The minimum Gasteiger partial charge on any atom is -0.393 e. The molecule has 0 radical (unpaired) electrons. The molecule has 0 aliphatic heterocycles. The zero-order valence-corrected chi connectivity index (χ0v) is 20.8. The normalized spacial score (nSPS) is 37.4. The van der Waals surface area contributed by atoms with Crippen LogP contribution >= 0.6 is 0 Å². The van der Waals surface area contributed by atoms with E-state index in [0.717, 1.165) is 29.4 Å². The molecule has 3 saturated carbocycles. The average molecular weight is 443 g/mol. The van der Waals surface area contributed by atoms with Crippen LogP contribution in [0.15, 0.2) is 47.6 Å². The first kappa shape index (κ1) is 25.5. The highest BCUT2D eigenvalue weighted by molar-refractivity contribution is 5.38. The Balaban J connectivity index is 1.64. The Morgan fingerprint density at radius 1 is 1.22 bits per heavy atom. The minimum atomic E-state index is -0.710. The summed E-state index contributed by atoms with van der Waals surface area (Å²) in [5.41, 5.74) is 3.03. The number of aliphatic hydroxyl groups is 3. The first-order valence-corrected chi connectivity index (χ1v) is 12.9. The van der Waals surface area contributed by atoms with Crippen LogP contribution in [-0.4, -0.2) is 33.1 Å². The Labute approximate surface area is 196 Å². The zero-order valence-electron chi connectivity index (χ0n) is 20.8. The Morgan fingerprint density at radius 2 is 1.97 bits per heavy atom. The molecule has 0 amide bonds. The van der Waals surface area contributed by atoms with Gasteiger partial charge in [-0.1, -0.05) is 56.7 Å². The smallest absolute Gasteiger partial charge is 0.0811 e. The van der Waals surface area contributed by atoms with Crippen LogP contribution < -0.4 is 0 Å². The highest BCUT2D eigenvalue weighted by atomic mass is 16.3. The third-order valence-corrected chi connectivity index (χ3v) is 8.54. The quantitative estimate of drug-likeness (QED) is 0.322. The van der Waals surface area contributed by atoms with Gasteiger partial charge in [0.15, 0.2) is 0 Å². The van der Waals surface area contributed by atoms with Crippen molar-refractivity contribution in [3.05, 3.63) is 47.6 Å². The summed E-state index contributed by atoms with van der Waals surface area (Å²) in [7, 11) is 0. The predicted octanol–water partition coefficient (Wildman–Crippen LogP) is 6.26. The maximum Gasteiger partial charge on any atom is 0.0811 e. The van der Waals surface area contributed by atoms with Gasteiger partial charge in [0, 0.05) is 6.42 Å². The van der Waals surface area contributed by atoms with Crippen molar-refractivity contribution in [2.45, 2.75) is 110 Å². The van der Waals surface area contributed by atoms with Crippen molar-refractivity contribution in [3.8, 4) is 0 Å². The molecule has 3 rings (SSSR count). The molecule has 32 heavy (non-hydrogen) atoms. The number of fused-ring (bicyclic) bond motifs is 1. The van der Waals surface area contributed by atoms with Crippen LogP contribution in [0.25, 0.3) is 0 Å². The van der Waals surface area contributed by atoms with Crippen molar-refractivity contribution in [2.24, 2.45) is 23.2 Å². The third-order valence-electron chi connectivity index (χ3n) is 8.54. The van der Waals surface area contributed by atoms with Gasteiger partial charge in [-0.05, 0) is 99.5 Å². The van der Waals surface area contributed by atoms with E-state index in [1.54, 1.807) is 5.57 Å². The Bertz CT molecular complexity index is 753. The Morgan fingerprint density at radius 3 is 2.69 bits per heavy atom. The molecule has 0 heterocycles. The monoisotopic (exact) mass is 442 g/mol. The van der Waals surface area contributed by atoms with Gasteiger partial charge in [0.2, 0.25) is 0 Å². The lowest BCUT2D eigenvalue weighted by atomic mass is 9.60. The summed E-state index contributed by atoms with van der Waals surface area (Å²) in [5.74, 6) is 2.15. The number of rotatable bonds is 7. The van der Waals surface area contributed by atoms with E-state index < -0.39 is 17.8 Å². The van der Waals surface area contributed by atoms with E-state index >= 15 is 0 Å². The highest BCUT2D eigenvalue weighted by Gasteiger charge is 2.50. The Hall–Kier alpha value is -1.16. The molecule has 0 aromatic rings. The predicted molar refractivity (Wildman–Crippen MR) is 133 cm³/mol. The highest BCUT2D eigenvalue weighted by Crippen LogP contribution is 2.59. The second-order valence-electron chi connectivity index (χ2n) is 11.6. The van der Waals surface area contributed by atoms with Crippen molar-refractivity contribution in [1.29, 1.82) is 0 Å². The van der Waals surface area contributed by atoms with Crippen LogP contribution in [-0.2, 0) is 0 Å². The molecule has 0 aromatic carbocycles. The van der Waals surface area contributed by atoms with E-state index in [0.29, 0.717) is 24.2 Å². The molecular weight excluding hydrogens is 396 g/mol. The summed E-state index contributed by atoms with van der Waals surface area (Å²) in [5, 5.41) is 30.0. The molecule has 0 aromatic heterocycles. The second-order valence-corrected chi connectivity index (χ2v) is 11.6. The molecule has 3 aliphatic carbocycles. The van der Waals surface area contributed by atoms with Crippen molar-refractivity contribution < 1.29 is 15.3 Å². The molecule has 0 unspecified atom stereocenters. The van der Waals surface area contributed by atoms with Gasteiger partial charge in [-0.25, -0.2) is 0 Å². The molecule has 0 bridgehead atoms. The topological polar surface area (TPSA) is 60.7 Å². The Kier molecular flexibility index (Phi) is 8.28. The number of aliphatic hydroxyl groups excluding tert-OH is 2. The molecule has 0 spiro atoms. The van der Waals surface area contributed by atoms with Gasteiger partial charge in [0.1, 0.15) is 0 Å². The summed E-state index contributed by atoms with van der Waals surface area (Å²) < 4.78 is 0. The van der Waals surface area contributed by atoms with Crippen molar-refractivity contribution in [3.63, 3.8) is 0 Å². The first-order chi connectivity index (χ1) is 15.0. The summed E-state index contributed by atoms with van der Waals surface area (Å²) in [6.07, 6.45) is 18.2. The van der Waals surface area contributed by atoms with Crippen LogP contribution in [0, 0.1) is 23.2 Å². The average Bonchev–Trinajstić information content (AvgIpc) is 3.06. The largest absolute Gasteiger partial charge is 0.393 e. The van der Waals surface area contributed by atoms with E-state index in [1.807, 2.05) is 19.9 Å².